The SMILES string of the molecule is CC(C)CC(=O)Nc1cncc(-c2ccc3[nH]nc(-c4nc5c(-c6cc(F)cc(CN7CCCCC7)c6)cncc5[nH]4)c3c2)c1. The van der Waals surface area contributed by atoms with Crippen molar-refractivity contribution in [2.45, 2.75) is 46.1 Å². The van der Waals surface area contributed by atoms with Gasteiger partial charge in [-0.25, -0.2) is 9.37 Å². The molecule has 0 spiro atoms. The first-order chi connectivity index (χ1) is 21.9. The Morgan fingerprint density at radius 2 is 1.78 bits per heavy atom. The number of fused-ring (bicyclic) bond motifs is 2. The zero-order chi connectivity index (χ0) is 30.9. The maximum Gasteiger partial charge on any atom is 0.224 e. The Labute approximate surface area is 260 Å². The Morgan fingerprint density at radius 3 is 2.62 bits per heavy atom. The molecule has 1 saturated heterocycles. The number of anilines is 1. The standard InChI is InChI=1S/C35H35FN8O/c1-21(2)10-32(45)39-27-14-25(16-37-17-27)23-6-7-30-28(15-23)34(43-42-30)35-40-31-19-38-18-29(33(31)41-35)24-11-22(12-26(36)13-24)20-44-8-4-3-5-9-44/h6-7,11-19,21H,3-5,8-10,20H2,1-2H3,(H,39,45)(H,40,41)(H,42,43). The highest BCUT2D eigenvalue weighted by Crippen LogP contribution is 2.34. The summed E-state index contributed by atoms with van der Waals surface area (Å²) in [6, 6.07) is 13.1. The number of aromatic nitrogens is 6. The third kappa shape index (κ3) is 6.19. The number of halogens is 1. The number of carbonyl (C=O) groups excluding carboxylic acids is 1. The number of benzene rings is 2. The predicted molar refractivity (Wildman–Crippen MR) is 175 cm³/mol. The van der Waals surface area contributed by atoms with Crippen LogP contribution in [0.25, 0.3) is 55.7 Å². The second kappa shape index (κ2) is 12.2. The van der Waals surface area contributed by atoms with E-state index in [0.29, 0.717) is 29.1 Å². The molecule has 4 aromatic heterocycles. The van der Waals surface area contributed by atoms with Crippen LogP contribution in [0.2, 0.25) is 0 Å². The molecule has 9 nitrogen and oxygen atoms in total. The van der Waals surface area contributed by atoms with Crippen LogP contribution >= 0.6 is 0 Å². The van der Waals surface area contributed by atoms with E-state index in [4.69, 9.17) is 4.98 Å². The van der Waals surface area contributed by atoms with Gasteiger partial charge in [0, 0.05) is 41.9 Å². The zero-order valence-electron chi connectivity index (χ0n) is 25.4. The lowest BCUT2D eigenvalue weighted by atomic mass is 10.0. The van der Waals surface area contributed by atoms with Crippen LogP contribution in [-0.4, -0.2) is 54.0 Å². The fourth-order valence-electron chi connectivity index (χ4n) is 6.15. The van der Waals surface area contributed by atoms with Gasteiger partial charge in [0.25, 0.3) is 0 Å². The van der Waals surface area contributed by atoms with E-state index in [9.17, 15) is 9.18 Å². The van der Waals surface area contributed by atoms with E-state index in [2.05, 4.69) is 35.4 Å². The summed E-state index contributed by atoms with van der Waals surface area (Å²) in [4.78, 5) is 31.9. The fourth-order valence-corrected chi connectivity index (χ4v) is 6.15. The fraction of sp³-hybridized carbons (Fsp3) is 0.286. The number of nitrogens with one attached hydrogen (secondary N) is 3. The molecule has 1 aliphatic rings. The average molecular weight is 603 g/mol. The maximum atomic E-state index is 14.9. The molecule has 0 bridgehead atoms. The lowest BCUT2D eigenvalue weighted by molar-refractivity contribution is -0.116. The molecule has 0 saturated carbocycles. The number of pyridine rings is 2. The van der Waals surface area contributed by atoms with E-state index >= 15 is 0 Å². The van der Waals surface area contributed by atoms with Crippen LogP contribution in [0.1, 0.15) is 45.1 Å². The van der Waals surface area contributed by atoms with E-state index in [1.807, 2.05) is 44.2 Å². The highest BCUT2D eigenvalue weighted by molar-refractivity contribution is 5.98. The van der Waals surface area contributed by atoms with Crippen LogP contribution in [0, 0.1) is 11.7 Å². The third-order valence-electron chi connectivity index (χ3n) is 8.25. The van der Waals surface area contributed by atoms with Crippen LogP contribution in [0.4, 0.5) is 10.1 Å². The Hall–Kier alpha value is -4.96. The molecule has 7 rings (SSSR count). The molecule has 3 N–H and O–H groups in total. The molecule has 45 heavy (non-hydrogen) atoms. The van der Waals surface area contributed by atoms with Gasteiger partial charge in [-0.05, 0) is 84.9 Å². The van der Waals surface area contributed by atoms with Gasteiger partial charge in [-0.3, -0.25) is 24.8 Å². The Morgan fingerprint density at radius 1 is 0.933 bits per heavy atom. The first-order valence-electron chi connectivity index (χ1n) is 15.5. The van der Waals surface area contributed by atoms with Crippen molar-refractivity contribution in [2.75, 3.05) is 18.4 Å². The minimum Gasteiger partial charge on any atom is -0.335 e. The van der Waals surface area contributed by atoms with Crippen LogP contribution in [0.3, 0.4) is 0 Å². The lowest BCUT2D eigenvalue weighted by Crippen LogP contribution is -2.29. The smallest absolute Gasteiger partial charge is 0.224 e. The quantitative estimate of drug-likeness (QED) is 0.168. The van der Waals surface area contributed by atoms with E-state index in [1.54, 1.807) is 36.9 Å². The number of piperidine rings is 1. The van der Waals surface area contributed by atoms with E-state index in [0.717, 1.165) is 63.9 Å². The van der Waals surface area contributed by atoms with Crippen molar-refractivity contribution in [3.63, 3.8) is 0 Å². The molecular weight excluding hydrogens is 567 g/mol. The van der Waals surface area contributed by atoms with Crippen molar-refractivity contribution in [1.29, 1.82) is 0 Å². The van der Waals surface area contributed by atoms with Crippen LogP contribution in [0.15, 0.2) is 67.3 Å². The van der Waals surface area contributed by atoms with Crippen molar-refractivity contribution in [2.24, 2.45) is 5.92 Å². The number of likely N-dealkylation sites (tertiary alicyclic amines) is 1. The van der Waals surface area contributed by atoms with Gasteiger partial charge in [0.05, 0.1) is 34.6 Å². The second-order valence-corrected chi connectivity index (χ2v) is 12.3. The molecule has 10 heteroatoms. The molecule has 0 aliphatic carbocycles. The Kier molecular flexibility index (Phi) is 7.81. The maximum absolute atomic E-state index is 14.9. The lowest BCUT2D eigenvalue weighted by Gasteiger charge is -2.26. The Bertz CT molecular complexity index is 2010. The normalized spacial score (nSPS) is 14.0. The molecule has 1 amide bonds. The number of nitrogens with zero attached hydrogens (tertiary/aromatic N) is 5. The number of amides is 1. The molecule has 1 fully saturated rings. The van der Waals surface area contributed by atoms with Gasteiger partial charge in [0.1, 0.15) is 11.5 Å². The molecule has 6 aromatic rings. The van der Waals surface area contributed by atoms with Gasteiger partial charge < -0.3 is 10.3 Å². The van der Waals surface area contributed by atoms with Gasteiger partial charge >= 0.3 is 0 Å². The van der Waals surface area contributed by atoms with Gasteiger partial charge in [-0.1, -0.05) is 26.3 Å². The number of rotatable bonds is 8. The number of hydrogen-bond acceptors (Lipinski definition) is 6. The molecule has 0 radical (unpaired) electrons. The van der Waals surface area contributed by atoms with Gasteiger partial charge in [-0.15, -0.1) is 0 Å². The molecule has 2 aromatic carbocycles. The number of aromatic amines is 2. The van der Waals surface area contributed by atoms with Gasteiger partial charge in [-0.2, -0.15) is 5.10 Å². The van der Waals surface area contributed by atoms with Crippen molar-refractivity contribution in [3.05, 3.63) is 78.6 Å². The highest BCUT2D eigenvalue weighted by Gasteiger charge is 2.18. The number of H-pyrrole nitrogens is 2. The first-order valence-corrected chi connectivity index (χ1v) is 15.5. The van der Waals surface area contributed by atoms with E-state index < -0.39 is 0 Å². The number of imidazole rings is 1. The number of carbonyl (C=O) groups is 1. The predicted octanol–water partition coefficient (Wildman–Crippen LogP) is 7.34. The van der Waals surface area contributed by atoms with Crippen molar-refractivity contribution >= 4 is 33.5 Å². The summed E-state index contributed by atoms with van der Waals surface area (Å²) >= 11 is 0. The second-order valence-electron chi connectivity index (χ2n) is 12.3. The van der Waals surface area contributed by atoms with Crippen molar-refractivity contribution < 1.29 is 9.18 Å². The van der Waals surface area contributed by atoms with Gasteiger partial charge in [0.2, 0.25) is 5.91 Å². The molecule has 0 atom stereocenters. The topological polar surface area (TPSA) is 115 Å². The minimum atomic E-state index is -0.267. The average Bonchev–Trinajstić information content (AvgIpc) is 3.65. The van der Waals surface area contributed by atoms with Crippen LogP contribution in [0.5, 0.6) is 0 Å². The van der Waals surface area contributed by atoms with Crippen molar-refractivity contribution in [3.8, 4) is 33.8 Å². The minimum absolute atomic E-state index is 0.0354. The summed E-state index contributed by atoms with van der Waals surface area (Å²) in [5.41, 5.74) is 7.87. The molecule has 1 aliphatic heterocycles. The summed E-state index contributed by atoms with van der Waals surface area (Å²) in [7, 11) is 0. The van der Waals surface area contributed by atoms with E-state index in [1.165, 1.54) is 19.3 Å². The van der Waals surface area contributed by atoms with Crippen molar-refractivity contribution in [1.82, 2.24) is 35.0 Å². The summed E-state index contributed by atoms with van der Waals surface area (Å²) in [5, 5.41) is 11.5. The largest absolute Gasteiger partial charge is 0.335 e. The number of hydrogen-bond donors (Lipinski definition) is 3. The molecular formula is C35H35FN8O. The monoisotopic (exact) mass is 602 g/mol. The zero-order valence-corrected chi connectivity index (χ0v) is 25.4. The summed E-state index contributed by atoms with van der Waals surface area (Å²) in [5.74, 6) is 0.548. The first kappa shape index (κ1) is 28.8. The molecule has 0 unspecified atom stereocenters. The summed E-state index contributed by atoms with van der Waals surface area (Å²) < 4.78 is 14.9. The highest BCUT2D eigenvalue weighted by atomic mass is 19.1. The van der Waals surface area contributed by atoms with E-state index in [-0.39, 0.29) is 17.6 Å². The summed E-state index contributed by atoms with van der Waals surface area (Å²) in [6.45, 7) is 6.84. The Balaban J connectivity index is 1.22. The summed E-state index contributed by atoms with van der Waals surface area (Å²) in [6.07, 6.45) is 11.0. The van der Waals surface area contributed by atoms with Crippen LogP contribution < -0.4 is 5.32 Å². The molecule has 5 heterocycles. The van der Waals surface area contributed by atoms with Crippen LogP contribution in [-0.2, 0) is 11.3 Å². The third-order valence-corrected chi connectivity index (χ3v) is 8.25. The van der Waals surface area contributed by atoms with Gasteiger partial charge in [0.15, 0.2) is 5.82 Å². The molecule has 228 valence electrons.